The van der Waals surface area contributed by atoms with Gasteiger partial charge in [0.05, 0.1) is 0 Å². The van der Waals surface area contributed by atoms with Gasteiger partial charge in [0.1, 0.15) is 0 Å². The van der Waals surface area contributed by atoms with Crippen molar-refractivity contribution >= 4 is 5.57 Å². The Bertz CT molecular complexity index is 484. The van der Waals surface area contributed by atoms with Gasteiger partial charge in [-0.1, -0.05) is 38.1 Å². The highest BCUT2D eigenvalue weighted by atomic mass is 14.9. The van der Waals surface area contributed by atoms with Crippen LogP contribution in [0.4, 0.5) is 0 Å². The first-order valence-corrected chi connectivity index (χ1v) is 7.77. The lowest BCUT2D eigenvalue weighted by Gasteiger charge is -2.27. The summed E-state index contributed by atoms with van der Waals surface area (Å²) < 4.78 is 0. The highest BCUT2D eigenvalue weighted by Crippen LogP contribution is 2.36. The van der Waals surface area contributed by atoms with E-state index in [4.69, 9.17) is 0 Å². The molecule has 1 aromatic rings. The van der Waals surface area contributed by atoms with E-state index in [0.29, 0.717) is 6.04 Å². The van der Waals surface area contributed by atoms with Gasteiger partial charge >= 0.3 is 0 Å². The maximum Gasteiger partial charge on any atom is 0.0111 e. The largest absolute Gasteiger partial charge is 0.314 e. The molecule has 0 saturated carbocycles. The summed E-state index contributed by atoms with van der Waals surface area (Å²) in [5.74, 6) is 0.801. The summed E-state index contributed by atoms with van der Waals surface area (Å²) in [5.41, 5.74) is 6.32. The predicted octanol–water partition coefficient (Wildman–Crippen LogP) is 3.97. The van der Waals surface area contributed by atoms with Crippen LogP contribution in [0.15, 0.2) is 24.3 Å². The maximum absolute atomic E-state index is 3.76. The Hall–Kier alpha value is -1.08. The summed E-state index contributed by atoms with van der Waals surface area (Å²) in [6, 6.07) is 7.56. The summed E-state index contributed by atoms with van der Waals surface area (Å²) in [6.07, 6.45) is 8.62. The van der Waals surface area contributed by atoms with Crippen molar-refractivity contribution in [3.8, 4) is 0 Å². The molecular weight excluding hydrogens is 230 g/mol. The van der Waals surface area contributed by atoms with Crippen molar-refractivity contribution in [2.24, 2.45) is 5.92 Å². The van der Waals surface area contributed by atoms with Crippen LogP contribution in [0.2, 0.25) is 0 Å². The Morgan fingerprint density at radius 3 is 2.89 bits per heavy atom. The summed E-state index contributed by atoms with van der Waals surface area (Å²) in [4.78, 5) is 0. The topological polar surface area (TPSA) is 12.0 Å². The van der Waals surface area contributed by atoms with E-state index in [0.717, 1.165) is 5.92 Å². The first kappa shape index (κ1) is 12.9. The van der Waals surface area contributed by atoms with E-state index in [1.807, 2.05) is 0 Å². The zero-order valence-electron chi connectivity index (χ0n) is 12.2. The molecule has 102 valence electrons. The minimum absolute atomic E-state index is 0.687. The molecule has 1 unspecified atom stereocenters. The molecule has 0 spiro atoms. The number of benzene rings is 1. The highest BCUT2D eigenvalue weighted by Gasteiger charge is 2.23. The van der Waals surface area contributed by atoms with Crippen LogP contribution in [-0.2, 0) is 12.8 Å². The minimum atomic E-state index is 0.687. The minimum Gasteiger partial charge on any atom is -0.314 e. The van der Waals surface area contributed by atoms with Crippen LogP contribution in [0.1, 0.15) is 49.8 Å². The van der Waals surface area contributed by atoms with Crippen molar-refractivity contribution in [1.29, 1.82) is 0 Å². The van der Waals surface area contributed by atoms with E-state index in [1.54, 1.807) is 16.7 Å². The van der Waals surface area contributed by atoms with Gasteiger partial charge in [-0.15, -0.1) is 0 Å². The quantitative estimate of drug-likeness (QED) is 0.839. The van der Waals surface area contributed by atoms with Crippen molar-refractivity contribution in [3.05, 3.63) is 41.0 Å². The fraction of sp³-hybridized carbons (Fsp3) is 0.556. The number of fused-ring (bicyclic) bond motifs is 1. The first-order chi connectivity index (χ1) is 9.24. The average molecular weight is 255 g/mol. The molecule has 2 aliphatic carbocycles. The van der Waals surface area contributed by atoms with Gasteiger partial charge in [0, 0.05) is 6.04 Å². The molecule has 1 N–H and O–H groups in total. The van der Waals surface area contributed by atoms with Crippen molar-refractivity contribution in [3.63, 3.8) is 0 Å². The Kier molecular flexibility index (Phi) is 3.74. The van der Waals surface area contributed by atoms with Crippen LogP contribution < -0.4 is 5.32 Å². The number of rotatable bonds is 5. The molecule has 1 aromatic carbocycles. The molecule has 1 atom stereocenters. The Balaban J connectivity index is 1.67. The SMILES string of the molecule is CC(C)CCNC1CCc2cccc(C3=CC3)c2C1. The molecule has 3 rings (SSSR count). The van der Waals surface area contributed by atoms with Crippen molar-refractivity contribution < 1.29 is 0 Å². The Labute approximate surface area is 117 Å². The van der Waals surface area contributed by atoms with E-state index in [-0.39, 0.29) is 0 Å². The van der Waals surface area contributed by atoms with Crippen LogP contribution in [0.25, 0.3) is 5.57 Å². The van der Waals surface area contributed by atoms with Crippen LogP contribution in [0.5, 0.6) is 0 Å². The van der Waals surface area contributed by atoms with E-state index in [1.165, 1.54) is 44.2 Å². The molecule has 0 radical (unpaired) electrons. The fourth-order valence-electron chi connectivity index (χ4n) is 3.11. The van der Waals surface area contributed by atoms with Crippen molar-refractivity contribution in [2.45, 2.75) is 52.0 Å². The van der Waals surface area contributed by atoms with Gasteiger partial charge < -0.3 is 5.32 Å². The number of aryl methyl sites for hydroxylation is 1. The van der Waals surface area contributed by atoms with Gasteiger partial charge in [-0.05, 0) is 66.8 Å². The molecule has 1 heteroatoms. The van der Waals surface area contributed by atoms with Gasteiger partial charge in [-0.2, -0.15) is 0 Å². The third-order valence-corrected chi connectivity index (χ3v) is 4.39. The highest BCUT2D eigenvalue weighted by molar-refractivity contribution is 5.80. The first-order valence-electron chi connectivity index (χ1n) is 7.77. The van der Waals surface area contributed by atoms with E-state index < -0.39 is 0 Å². The Morgan fingerprint density at radius 2 is 2.16 bits per heavy atom. The number of allylic oxidation sites excluding steroid dienone is 2. The second-order valence-electron chi connectivity index (χ2n) is 6.45. The van der Waals surface area contributed by atoms with Crippen LogP contribution >= 0.6 is 0 Å². The molecule has 0 aromatic heterocycles. The fourth-order valence-corrected chi connectivity index (χ4v) is 3.11. The zero-order valence-corrected chi connectivity index (χ0v) is 12.2. The summed E-state index contributed by atoms with van der Waals surface area (Å²) in [6.45, 7) is 5.77. The summed E-state index contributed by atoms with van der Waals surface area (Å²) in [7, 11) is 0. The summed E-state index contributed by atoms with van der Waals surface area (Å²) in [5, 5.41) is 3.76. The van der Waals surface area contributed by atoms with Crippen LogP contribution in [0.3, 0.4) is 0 Å². The molecule has 0 fully saturated rings. The molecular formula is C18H25N. The zero-order chi connectivity index (χ0) is 13.2. The van der Waals surface area contributed by atoms with E-state index >= 15 is 0 Å². The molecule has 19 heavy (non-hydrogen) atoms. The lowest BCUT2D eigenvalue weighted by Crippen LogP contribution is -2.35. The average Bonchev–Trinajstić information content (AvgIpc) is 3.22. The van der Waals surface area contributed by atoms with Gasteiger partial charge in [-0.3, -0.25) is 0 Å². The Morgan fingerprint density at radius 1 is 1.32 bits per heavy atom. The maximum atomic E-state index is 3.76. The van der Waals surface area contributed by atoms with Gasteiger partial charge in [-0.25, -0.2) is 0 Å². The molecule has 0 bridgehead atoms. The van der Waals surface area contributed by atoms with Gasteiger partial charge in [0.15, 0.2) is 0 Å². The standard InChI is InChI=1S/C18H25N/c1-13(2)10-11-19-16-9-8-14-4-3-5-17(15-6-7-15)18(14)12-16/h3-6,13,16,19H,7-12H2,1-2H3. The summed E-state index contributed by atoms with van der Waals surface area (Å²) >= 11 is 0. The van der Waals surface area contributed by atoms with Gasteiger partial charge in [0.2, 0.25) is 0 Å². The molecule has 2 aliphatic rings. The smallest absolute Gasteiger partial charge is 0.0111 e. The lowest BCUT2D eigenvalue weighted by atomic mass is 9.84. The normalized spacial score (nSPS) is 21.2. The number of hydrogen-bond donors (Lipinski definition) is 1. The predicted molar refractivity (Wildman–Crippen MR) is 82.3 cm³/mol. The third kappa shape index (κ3) is 3.09. The van der Waals surface area contributed by atoms with Crippen molar-refractivity contribution in [1.82, 2.24) is 5.32 Å². The molecule has 0 heterocycles. The van der Waals surface area contributed by atoms with Crippen molar-refractivity contribution in [2.75, 3.05) is 6.54 Å². The third-order valence-electron chi connectivity index (χ3n) is 4.39. The second-order valence-corrected chi connectivity index (χ2v) is 6.45. The molecule has 0 aliphatic heterocycles. The van der Waals surface area contributed by atoms with Crippen LogP contribution in [0, 0.1) is 5.92 Å². The molecule has 1 nitrogen and oxygen atoms in total. The second kappa shape index (κ2) is 5.50. The molecule has 0 amide bonds. The number of hydrogen-bond acceptors (Lipinski definition) is 1. The number of nitrogens with one attached hydrogen (secondary N) is 1. The van der Waals surface area contributed by atoms with Gasteiger partial charge in [0.25, 0.3) is 0 Å². The lowest BCUT2D eigenvalue weighted by molar-refractivity contribution is 0.432. The monoisotopic (exact) mass is 255 g/mol. The molecule has 0 saturated heterocycles. The van der Waals surface area contributed by atoms with E-state index in [9.17, 15) is 0 Å². The van der Waals surface area contributed by atoms with Crippen LogP contribution in [-0.4, -0.2) is 12.6 Å². The van der Waals surface area contributed by atoms with E-state index in [2.05, 4.69) is 43.4 Å².